The molecule has 1 aliphatic heterocycles. The van der Waals surface area contributed by atoms with E-state index >= 15 is 0 Å². The van der Waals surface area contributed by atoms with Gasteiger partial charge in [0.25, 0.3) is 5.91 Å². The maximum atomic E-state index is 12.2. The number of nitrogen functional groups attached to an aromatic ring is 1. The SMILES string of the molecule is COC(=O)CN1CCN(C(=O)c2sccc2N)CC1. The molecule has 2 heterocycles. The fraction of sp³-hybridized carbons (Fsp3) is 0.500. The summed E-state index contributed by atoms with van der Waals surface area (Å²) < 4.78 is 4.63. The van der Waals surface area contributed by atoms with Gasteiger partial charge in [-0.25, -0.2) is 0 Å². The van der Waals surface area contributed by atoms with Crippen LogP contribution in [0.2, 0.25) is 0 Å². The van der Waals surface area contributed by atoms with Crippen molar-refractivity contribution in [3.8, 4) is 0 Å². The number of hydrogen-bond acceptors (Lipinski definition) is 6. The predicted molar refractivity (Wildman–Crippen MR) is 73.1 cm³/mol. The zero-order valence-electron chi connectivity index (χ0n) is 10.8. The van der Waals surface area contributed by atoms with Crippen molar-refractivity contribution in [3.63, 3.8) is 0 Å². The van der Waals surface area contributed by atoms with Gasteiger partial charge in [-0.05, 0) is 11.4 Å². The van der Waals surface area contributed by atoms with E-state index in [1.165, 1.54) is 18.4 Å². The summed E-state index contributed by atoms with van der Waals surface area (Å²) in [6.07, 6.45) is 0. The average Bonchev–Trinajstić information content (AvgIpc) is 2.85. The van der Waals surface area contributed by atoms with Gasteiger partial charge in [0.15, 0.2) is 0 Å². The van der Waals surface area contributed by atoms with Gasteiger partial charge in [0.2, 0.25) is 0 Å². The highest BCUT2D eigenvalue weighted by Gasteiger charge is 2.25. The molecular formula is C12H17N3O3S. The Balaban J connectivity index is 1.88. The summed E-state index contributed by atoms with van der Waals surface area (Å²) in [6.45, 7) is 2.83. The fourth-order valence-electron chi connectivity index (χ4n) is 1.99. The van der Waals surface area contributed by atoms with E-state index < -0.39 is 0 Å². The number of amides is 1. The second-order valence-corrected chi connectivity index (χ2v) is 5.27. The number of hydrogen-bond donors (Lipinski definition) is 1. The minimum atomic E-state index is -0.248. The molecule has 0 atom stereocenters. The Bertz CT molecular complexity index is 467. The van der Waals surface area contributed by atoms with Crippen molar-refractivity contribution in [2.45, 2.75) is 0 Å². The van der Waals surface area contributed by atoms with E-state index in [0.717, 1.165) is 0 Å². The molecular weight excluding hydrogens is 266 g/mol. The van der Waals surface area contributed by atoms with Crippen molar-refractivity contribution in [2.75, 3.05) is 45.6 Å². The van der Waals surface area contributed by atoms with Crippen molar-refractivity contribution >= 4 is 28.9 Å². The molecule has 1 amide bonds. The minimum absolute atomic E-state index is 0.0229. The van der Waals surface area contributed by atoms with Crippen molar-refractivity contribution in [3.05, 3.63) is 16.3 Å². The van der Waals surface area contributed by atoms with E-state index in [-0.39, 0.29) is 18.4 Å². The van der Waals surface area contributed by atoms with Crippen LogP contribution in [0.1, 0.15) is 9.67 Å². The van der Waals surface area contributed by atoms with Gasteiger partial charge in [0.05, 0.1) is 19.3 Å². The Morgan fingerprint density at radius 3 is 2.58 bits per heavy atom. The van der Waals surface area contributed by atoms with Crippen molar-refractivity contribution < 1.29 is 14.3 Å². The van der Waals surface area contributed by atoms with Gasteiger partial charge < -0.3 is 15.4 Å². The molecule has 0 radical (unpaired) electrons. The Morgan fingerprint density at radius 2 is 2.05 bits per heavy atom. The minimum Gasteiger partial charge on any atom is -0.468 e. The first-order valence-electron chi connectivity index (χ1n) is 6.03. The number of ether oxygens (including phenoxy) is 1. The van der Waals surface area contributed by atoms with Gasteiger partial charge in [0.1, 0.15) is 4.88 Å². The van der Waals surface area contributed by atoms with Crippen LogP contribution >= 0.6 is 11.3 Å². The number of thiophene rings is 1. The van der Waals surface area contributed by atoms with Crippen LogP contribution in [0.15, 0.2) is 11.4 Å². The molecule has 0 saturated carbocycles. The number of carbonyl (C=O) groups excluding carboxylic acids is 2. The van der Waals surface area contributed by atoms with Gasteiger partial charge in [-0.15, -0.1) is 11.3 Å². The molecule has 0 unspecified atom stereocenters. The standard InChI is InChI=1S/C12H17N3O3S/c1-18-10(16)8-14-3-5-15(6-4-14)12(17)11-9(13)2-7-19-11/h2,7H,3-6,8,13H2,1H3. The van der Waals surface area contributed by atoms with Crippen LogP contribution in [0.5, 0.6) is 0 Å². The number of rotatable bonds is 3. The predicted octanol–water partition coefficient (Wildman–Crippen LogP) is 0.261. The van der Waals surface area contributed by atoms with E-state index in [9.17, 15) is 9.59 Å². The van der Waals surface area contributed by atoms with Crippen LogP contribution < -0.4 is 5.73 Å². The summed E-state index contributed by atoms with van der Waals surface area (Å²) in [5.74, 6) is -0.271. The molecule has 2 N–H and O–H groups in total. The molecule has 0 spiro atoms. The Labute approximate surface area is 115 Å². The summed E-state index contributed by atoms with van der Waals surface area (Å²) in [5.41, 5.74) is 6.28. The Hall–Kier alpha value is -1.60. The third-order valence-corrected chi connectivity index (χ3v) is 4.05. The molecule has 0 aromatic carbocycles. The number of piperazine rings is 1. The van der Waals surface area contributed by atoms with Gasteiger partial charge in [-0.1, -0.05) is 0 Å². The quantitative estimate of drug-likeness (QED) is 0.805. The lowest BCUT2D eigenvalue weighted by atomic mass is 10.2. The number of nitrogens with two attached hydrogens (primary N) is 1. The molecule has 0 aliphatic carbocycles. The maximum absolute atomic E-state index is 12.2. The number of esters is 1. The normalized spacial score (nSPS) is 16.4. The first kappa shape index (κ1) is 13.8. The zero-order chi connectivity index (χ0) is 13.8. The fourth-order valence-corrected chi connectivity index (χ4v) is 2.78. The van der Waals surface area contributed by atoms with E-state index in [4.69, 9.17) is 5.73 Å². The lowest BCUT2D eigenvalue weighted by Crippen LogP contribution is -2.50. The average molecular weight is 283 g/mol. The highest BCUT2D eigenvalue weighted by atomic mass is 32.1. The van der Waals surface area contributed by atoms with Crippen molar-refractivity contribution in [2.24, 2.45) is 0 Å². The molecule has 1 aromatic rings. The third-order valence-electron chi connectivity index (χ3n) is 3.13. The van der Waals surface area contributed by atoms with Crippen LogP contribution in [0, 0.1) is 0 Å². The summed E-state index contributed by atoms with van der Waals surface area (Å²) in [4.78, 5) is 27.7. The zero-order valence-corrected chi connectivity index (χ0v) is 11.6. The summed E-state index contributed by atoms with van der Waals surface area (Å²) in [6, 6.07) is 1.74. The molecule has 104 valence electrons. The maximum Gasteiger partial charge on any atom is 0.319 e. The van der Waals surface area contributed by atoms with E-state index in [1.54, 1.807) is 11.0 Å². The molecule has 2 rings (SSSR count). The number of carbonyl (C=O) groups is 2. The van der Waals surface area contributed by atoms with E-state index in [2.05, 4.69) is 4.74 Å². The van der Waals surface area contributed by atoms with Crippen LogP contribution in [-0.4, -0.2) is 61.5 Å². The van der Waals surface area contributed by atoms with Gasteiger partial charge >= 0.3 is 5.97 Å². The molecule has 6 nitrogen and oxygen atoms in total. The Morgan fingerprint density at radius 1 is 1.37 bits per heavy atom. The van der Waals surface area contributed by atoms with Gasteiger partial charge in [-0.2, -0.15) is 0 Å². The summed E-state index contributed by atoms with van der Waals surface area (Å²) in [7, 11) is 1.38. The topological polar surface area (TPSA) is 75.9 Å². The van der Waals surface area contributed by atoms with Crippen LogP contribution in [-0.2, 0) is 9.53 Å². The molecule has 1 fully saturated rings. The van der Waals surface area contributed by atoms with Crippen molar-refractivity contribution in [1.82, 2.24) is 9.80 Å². The molecule has 1 aromatic heterocycles. The molecule has 0 bridgehead atoms. The lowest BCUT2D eigenvalue weighted by molar-refractivity contribution is -0.142. The van der Waals surface area contributed by atoms with E-state index in [1.807, 2.05) is 10.3 Å². The number of nitrogens with zero attached hydrogens (tertiary/aromatic N) is 2. The molecule has 1 saturated heterocycles. The molecule has 1 aliphatic rings. The second kappa shape index (κ2) is 6.03. The Kier molecular flexibility index (Phi) is 4.39. The monoisotopic (exact) mass is 283 g/mol. The number of anilines is 1. The molecule has 19 heavy (non-hydrogen) atoms. The smallest absolute Gasteiger partial charge is 0.319 e. The third kappa shape index (κ3) is 3.24. The largest absolute Gasteiger partial charge is 0.468 e. The molecule has 7 heteroatoms. The lowest BCUT2D eigenvalue weighted by Gasteiger charge is -2.33. The van der Waals surface area contributed by atoms with Crippen molar-refractivity contribution in [1.29, 1.82) is 0 Å². The van der Waals surface area contributed by atoms with Crippen LogP contribution in [0.4, 0.5) is 5.69 Å². The summed E-state index contributed by atoms with van der Waals surface area (Å²) >= 11 is 1.36. The first-order valence-corrected chi connectivity index (χ1v) is 6.91. The van der Waals surface area contributed by atoms with E-state index in [0.29, 0.717) is 36.7 Å². The first-order chi connectivity index (χ1) is 9.11. The highest BCUT2D eigenvalue weighted by molar-refractivity contribution is 7.12. The summed E-state index contributed by atoms with van der Waals surface area (Å²) in [5, 5.41) is 1.82. The van der Waals surface area contributed by atoms with Gasteiger partial charge in [-0.3, -0.25) is 14.5 Å². The van der Waals surface area contributed by atoms with Crippen LogP contribution in [0.25, 0.3) is 0 Å². The number of methoxy groups -OCH3 is 1. The van der Waals surface area contributed by atoms with Gasteiger partial charge in [0, 0.05) is 26.2 Å². The van der Waals surface area contributed by atoms with Crippen LogP contribution in [0.3, 0.4) is 0 Å². The highest BCUT2D eigenvalue weighted by Crippen LogP contribution is 2.21. The second-order valence-electron chi connectivity index (χ2n) is 4.35.